The van der Waals surface area contributed by atoms with Gasteiger partial charge in [0.1, 0.15) is 0 Å². The molecular weight excluding hydrogens is 535 g/mol. The van der Waals surface area contributed by atoms with Crippen LogP contribution in [0.2, 0.25) is 0 Å². The molecule has 0 aromatic heterocycles. The summed E-state index contributed by atoms with van der Waals surface area (Å²) >= 11 is 0. The summed E-state index contributed by atoms with van der Waals surface area (Å²) in [7, 11) is 0. The molecule has 0 bridgehead atoms. The highest BCUT2D eigenvalue weighted by Crippen LogP contribution is 2.45. The molecule has 3 saturated heterocycles. The number of hydrogen-bond donors (Lipinski definition) is 2. The van der Waals surface area contributed by atoms with Gasteiger partial charge in [-0.1, -0.05) is 12.1 Å². The highest BCUT2D eigenvalue weighted by atomic mass is 19.4. The molecule has 4 unspecified atom stereocenters. The van der Waals surface area contributed by atoms with Gasteiger partial charge in [-0.15, -0.1) is 0 Å². The number of nitrogens with zero attached hydrogens (tertiary/aromatic N) is 3. The van der Waals surface area contributed by atoms with Gasteiger partial charge in [-0.3, -0.25) is 4.90 Å². The number of halogens is 9. The van der Waals surface area contributed by atoms with E-state index in [1.807, 2.05) is 0 Å². The Morgan fingerprint density at radius 3 is 2.11 bits per heavy atom. The van der Waals surface area contributed by atoms with Crippen LogP contribution in [0.15, 0.2) is 18.2 Å². The van der Waals surface area contributed by atoms with Crippen LogP contribution < -0.4 is 10.2 Å². The molecule has 4 atom stereocenters. The summed E-state index contributed by atoms with van der Waals surface area (Å²) < 4.78 is 122. The van der Waals surface area contributed by atoms with Gasteiger partial charge >= 0.3 is 18.4 Å². The second-order valence-electron chi connectivity index (χ2n) is 10.0. The average Bonchev–Trinajstić information content (AvgIpc) is 3.40. The number of nitrogens with one attached hydrogen (secondary N) is 1. The summed E-state index contributed by atoms with van der Waals surface area (Å²) in [5, 5.41) is 12.5. The van der Waals surface area contributed by atoms with Crippen LogP contribution >= 0.6 is 0 Å². The maximum atomic E-state index is 14.2. The molecule has 1 amide bonds. The third kappa shape index (κ3) is 5.92. The largest absolute Gasteiger partial charge is 0.465 e. The number of hydrogen-bond acceptors (Lipinski definition) is 4. The Balaban J connectivity index is 1.70. The molecule has 0 aliphatic carbocycles. The third-order valence-corrected chi connectivity index (χ3v) is 7.65. The fourth-order valence-electron chi connectivity index (χ4n) is 5.75. The summed E-state index contributed by atoms with van der Waals surface area (Å²) in [6.45, 7) is 0.107. The molecule has 3 fully saturated rings. The van der Waals surface area contributed by atoms with Crippen molar-refractivity contribution in [3.8, 4) is 0 Å². The zero-order valence-electron chi connectivity index (χ0n) is 20.0. The highest BCUT2D eigenvalue weighted by molar-refractivity contribution is 5.65. The third-order valence-electron chi connectivity index (χ3n) is 7.65. The molecule has 4 rings (SSSR count). The van der Waals surface area contributed by atoms with Crippen molar-refractivity contribution in [3.63, 3.8) is 0 Å². The van der Waals surface area contributed by atoms with Gasteiger partial charge in [0.2, 0.25) is 0 Å². The van der Waals surface area contributed by atoms with Gasteiger partial charge in [-0.2, -0.15) is 26.3 Å². The van der Waals surface area contributed by atoms with Crippen molar-refractivity contribution in [3.05, 3.63) is 29.3 Å². The van der Waals surface area contributed by atoms with Gasteiger partial charge in [0.25, 0.3) is 6.43 Å². The first-order valence-electron chi connectivity index (χ1n) is 12.0. The molecule has 0 radical (unpaired) electrons. The SMILES string of the molecule is O=C(O)N1CCN(Cc2ccc(C(F)C(F)F)cc2N2CC3CNCC3C2)C(C(C(F)(F)F)C(F)(F)F)C1. The molecular formula is C23H27F9N4O2. The Bertz CT molecular complexity index is 980. The van der Waals surface area contributed by atoms with Crippen molar-refractivity contribution in [1.29, 1.82) is 0 Å². The van der Waals surface area contributed by atoms with Gasteiger partial charge in [-0.05, 0) is 29.0 Å². The normalized spacial score (nSPS) is 25.9. The minimum atomic E-state index is -5.70. The van der Waals surface area contributed by atoms with Gasteiger partial charge in [0.05, 0.1) is 0 Å². The minimum Gasteiger partial charge on any atom is -0.465 e. The predicted octanol–water partition coefficient (Wildman–Crippen LogP) is 4.52. The second kappa shape index (κ2) is 10.6. The number of amides is 1. The molecule has 0 spiro atoms. The van der Waals surface area contributed by atoms with E-state index in [1.165, 1.54) is 12.1 Å². The van der Waals surface area contributed by atoms with E-state index >= 15 is 0 Å². The van der Waals surface area contributed by atoms with E-state index in [0.717, 1.165) is 11.0 Å². The van der Waals surface area contributed by atoms with Crippen LogP contribution in [0.1, 0.15) is 17.3 Å². The highest BCUT2D eigenvalue weighted by Gasteiger charge is 2.62. The summed E-state index contributed by atoms with van der Waals surface area (Å²) in [4.78, 5) is 14.7. The fraction of sp³-hybridized carbons (Fsp3) is 0.696. The van der Waals surface area contributed by atoms with Crippen LogP contribution in [0.3, 0.4) is 0 Å². The maximum Gasteiger partial charge on any atom is 0.407 e. The monoisotopic (exact) mass is 562 g/mol. The Labute approximate surface area is 212 Å². The number of carboxylic acid groups (broad SMARTS) is 1. The van der Waals surface area contributed by atoms with Crippen LogP contribution in [0.4, 0.5) is 50.0 Å². The molecule has 1 aromatic rings. The average molecular weight is 562 g/mol. The number of anilines is 1. The van der Waals surface area contributed by atoms with Crippen LogP contribution in [-0.2, 0) is 6.54 Å². The quantitative estimate of drug-likeness (QED) is 0.500. The van der Waals surface area contributed by atoms with E-state index in [4.69, 9.17) is 0 Å². The molecule has 15 heteroatoms. The molecule has 38 heavy (non-hydrogen) atoms. The summed E-state index contributed by atoms with van der Waals surface area (Å²) in [6, 6.07) is 1.22. The van der Waals surface area contributed by atoms with E-state index in [1.54, 1.807) is 4.90 Å². The maximum absolute atomic E-state index is 14.2. The summed E-state index contributed by atoms with van der Waals surface area (Å²) in [5.41, 5.74) is 0.180. The predicted molar refractivity (Wildman–Crippen MR) is 118 cm³/mol. The summed E-state index contributed by atoms with van der Waals surface area (Å²) in [5.74, 6) is -3.41. The van der Waals surface area contributed by atoms with Gasteiger partial charge in [0, 0.05) is 64.1 Å². The van der Waals surface area contributed by atoms with E-state index in [9.17, 15) is 49.4 Å². The van der Waals surface area contributed by atoms with Gasteiger partial charge < -0.3 is 20.2 Å². The standard InChI is InChI=1S/C23H27F9N4O2/c24-18(20(25)26)12-1-2-13(16(5-12)36-9-14-6-33-7-15(14)10-36)8-34-3-4-35(21(37)38)11-17(34)19(22(27,28)29)23(30,31)32/h1-2,5,14-15,17-20,33H,3-4,6-11H2,(H,37,38). The Morgan fingerprint density at radius 1 is 0.974 bits per heavy atom. The zero-order valence-corrected chi connectivity index (χ0v) is 20.0. The van der Waals surface area contributed by atoms with Crippen LogP contribution in [-0.4, -0.2) is 91.6 Å². The fourth-order valence-corrected chi connectivity index (χ4v) is 5.75. The van der Waals surface area contributed by atoms with Crippen LogP contribution in [0.25, 0.3) is 0 Å². The van der Waals surface area contributed by atoms with Crippen molar-refractivity contribution in [2.75, 3.05) is 50.7 Å². The summed E-state index contributed by atoms with van der Waals surface area (Å²) in [6.07, 6.45) is -19.0. The lowest BCUT2D eigenvalue weighted by Gasteiger charge is -2.45. The first-order chi connectivity index (χ1) is 17.7. The number of carbonyl (C=O) groups is 1. The lowest BCUT2D eigenvalue weighted by molar-refractivity contribution is -0.302. The van der Waals surface area contributed by atoms with E-state index in [-0.39, 0.29) is 35.2 Å². The molecule has 3 aliphatic rings. The van der Waals surface area contributed by atoms with E-state index in [2.05, 4.69) is 5.32 Å². The van der Waals surface area contributed by atoms with Crippen molar-refractivity contribution < 1.29 is 49.4 Å². The van der Waals surface area contributed by atoms with Gasteiger partial charge in [0.15, 0.2) is 12.1 Å². The number of alkyl halides is 9. The lowest BCUT2D eigenvalue weighted by Crippen LogP contribution is -2.62. The molecule has 1 aromatic carbocycles. The molecule has 0 saturated carbocycles. The molecule has 2 N–H and O–H groups in total. The Morgan fingerprint density at radius 2 is 1.58 bits per heavy atom. The van der Waals surface area contributed by atoms with Gasteiger partial charge in [-0.25, -0.2) is 18.0 Å². The number of rotatable bonds is 6. The molecule has 6 nitrogen and oxygen atoms in total. The first kappa shape index (κ1) is 28.6. The van der Waals surface area contributed by atoms with E-state index in [0.29, 0.717) is 31.1 Å². The number of piperazine rings is 1. The van der Waals surface area contributed by atoms with Crippen LogP contribution in [0.5, 0.6) is 0 Å². The minimum absolute atomic E-state index is 0.203. The molecule has 3 aliphatic heterocycles. The number of benzene rings is 1. The Kier molecular flexibility index (Phi) is 7.99. The van der Waals surface area contributed by atoms with E-state index < -0.39 is 62.6 Å². The lowest BCUT2D eigenvalue weighted by atomic mass is 9.93. The molecule has 214 valence electrons. The topological polar surface area (TPSA) is 59.1 Å². The van der Waals surface area contributed by atoms with Crippen molar-refractivity contribution in [2.24, 2.45) is 17.8 Å². The van der Waals surface area contributed by atoms with Crippen molar-refractivity contribution in [1.82, 2.24) is 15.1 Å². The Hall–Kier alpha value is -2.42. The number of fused-ring (bicyclic) bond motifs is 1. The van der Waals surface area contributed by atoms with Crippen molar-refractivity contribution in [2.45, 2.75) is 37.5 Å². The molecule has 3 heterocycles. The van der Waals surface area contributed by atoms with Crippen LogP contribution in [0, 0.1) is 17.8 Å². The van der Waals surface area contributed by atoms with Crippen molar-refractivity contribution >= 4 is 11.8 Å². The smallest absolute Gasteiger partial charge is 0.407 e. The second-order valence-corrected chi connectivity index (χ2v) is 10.0. The zero-order chi connectivity index (χ0) is 28.0. The first-order valence-corrected chi connectivity index (χ1v) is 12.0.